The first kappa shape index (κ1) is 12.3. The number of carboxylic acids is 1. The lowest BCUT2D eigenvalue weighted by Gasteiger charge is -1.86. The van der Waals surface area contributed by atoms with Crippen LogP contribution in [0.1, 0.15) is 0 Å². The van der Waals surface area contributed by atoms with Gasteiger partial charge in [0.15, 0.2) is 7.37 Å². The topological polar surface area (TPSA) is 101 Å². The van der Waals surface area contributed by atoms with E-state index >= 15 is 0 Å². The summed E-state index contributed by atoms with van der Waals surface area (Å²) in [6, 6.07) is 0. The van der Waals surface area contributed by atoms with E-state index in [2.05, 4.69) is 5.73 Å². The Kier molecular flexibility index (Phi) is 6.66. The molecular weight excluding hydrogens is 157 g/mol. The van der Waals surface area contributed by atoms with E-state index in [1.165, 1.54) is 13.3 Å². The minimum absolute atomic E-state index is 0.278. The molecule has 0 aliphatic carbocycles. The number of hydrogen-bond acceptors (Lipinski definition) is 3. The Balaban J connectivity index is 0. The highest BCUT2D eigenvalue weighted by atomic mass is 31.2. The molecule has 0 unspecified atom stereocenters. The highest BCUT2D eigenvalue weighted by Gasteiger charge is 1.92. The van der Waals surface area contributed by atoms with Crippen molar-refractivity contribution in [2.45, 2.75) is 0 Å². The number of carbonyl (C=O) groups is 1. The predicted molar refractivity (Wildman–Crippen MR) is 38.4 cm³/mol. The molecule has 0 aromatic carbocycles. The first-order valence-corrected chi connectivity index (χ1v) is 5.02. The quantitative estimate of drug-likeness (QED) is 0.461. The molecule has 0 rings (SSSR count). The highest BCUT2D eigenvalue weighted by molar-refractivity contribution is 7.56. The largest absolute Gasteiger partial charge is 0.480 e. The Bertz CT molecular complexity index is 132. The van der Waals surface area contributed by atoms with Gasteiger partial charge in [0, 0.05) is 13.3 Å². The van der Waals surface area contributed by atoms with Crippen LogP contribution in [0.5, 0.6) is 0 Å². The summed E-state index contributed by atoms with van der Waals surface area (Å²) in [5.41, 5.74) is 4.57. The second-order valence-electron chi connectivity index (χ2n) is 1.89. The van der Waals surface area contributed by atoms with Crippen molar-refractivity contribution in [2.24, 2.45) is 5.73 Å². The Morgan fingerprint density at radius 1 is 1.60 bits per heavy atom. The molecule has 0 bridgehead atoms. The van der Waals surface area contributed by atoms with Gasteiger partial charge in [0.1, 0.15) is 0 Å². The third-order valence-corrected chi connectivity index (χ3v) is 0.175. The van der Waals surface area contributed by atoms with Crippen LogP contribution in [-0.2, 0) is 9.36 Å². The fourth-order valence-corrected chi connectivity index (χ4v) is 0. The fourth-order valence-electron chi connectivity index (χ4n) is 0. The predicted octanol–water partition coefficient (Wildman–Crippen LogP) is -0.454. The molecule has 0 amide bonds. The van der Waals surface area contributed by atoms with Crippen LogP contribution in [0.3, 0.4) is 0 Å². The van der Waals surface area contributed by atoms with Gasteiger partial charge in [-0.25, -0.2) is 0 Å². The average Bonchev–Trinajstić information content (AvgIpc) is 1.61. The maximum absolute atomic E-state index is 9.77. The minimum Gasteiger partial charge on any atom is -0.480 e. The maximum Gasteiger partial charge on any atom is 0.317 e. The molecular formula is C4H12NO4P. The number of rotatable bonds is 1. The van der Waals surface area contributed by atoms with Crippen LogP contribution in [-0.4, -0.2) is 35.8 Å². The molecule has 4 N–H and O–H groups in total. The zero-order chi connectivity index (χ0) is 8.78. The monoisotopic (exact) mass is 169 g/mol. The van der Waals surface area contributed by atoms with Crippen molar-refractivity contribution < 1.29 is 19.4 Å². The van der Waals surface area contributed by atoms with Crippen LogP contribution in [0.25, 0.3) is 0 Å². The average molecular weight is 169 g/mol. The van der Waals surface area contributed by atoms with Gasteiger partial charge in [-0.3, -0.25) is 9.36 Å². The number of aliphatic carboxylic acids is 1. The molecule has 0 radical (unpaired) electrons. The third kappa shape index (κ3) is 127. The van der Waals surface area contributed by atoms with Gasteiger partial charge in [-0.1, -0.05) is 0 Å². The smallest absolute Gasteiger partial charge is 0.317 e. The molecule has 5 nitrogen and oxygen atoms in total. The van der Waals surface area contributed by atoms with Crippen LogP contribution in [0.2, 0.25) is 0 Å². The summed E-state index contributed by atoms with van der Waals surface area (Å²) in [6.07, 6.45) is 0. The van der Waals surface area contributed by atoms with E-state index in [1.807, 2.05) is 0 Å². The normalized spacial score (nSPS) is 9.60. The molecule has 0 aromatic rings. The van der Waals surface area contributed by atoms with Crippen LogP contribution in [0.15, 0.2) is 0 Å². The summed E-state index contributed by atoms with van der Waals surface area (Å²) in [4.78, 5) is 17.3. The lowest BCUT2D eigenvalue weighted by Crippen LogP contribution is -2.10. The van der Waals surface area contributed by atoms with Crippen LogP contribution in [0, 0.1) is 0 Å². The Hall–Kier alpha value is -0.380. The van der Waals surface area contributed by atoms with Crippen molar-refractivity contribution in [3.05, 3.63) is 0 Å². The van der Waals surface area contributed by atoms with Crippen LogP contribution in [0.4, 0.5) is 0 Å². The van der Waals surface area contributed by atoms with Gasteiger partial charge < -0.3 is 15.7 Å². The second-order valence-corrected chi connectivity index (χ2v) is 4.48. The van der Waals surface area contributed by atoms with Crippen LogP contribution >= 0.6 is 7.37 Å². The van der Waals surface area contributed by atoms with Gasteiger partial charge >= 0.3 is 5.97 Å². The SMILES string of the molecule is CP(C)(=O)O.NCC(=O)O. The summed E-state index contributed by atoms with van der Waals surface area (Å²) in [7, 11) is -2.64. The first-order chi connectivity index (χ1) is 4.27. The number of carboxylic acid groups (broad SMARTS) is 1. The minimum atomic E-state index is -2.64. The molecule has 0 saturated carbocycles. The summed E-state index contributed by atoms with van der Waals surface area (Å²) in [5, 5.41) is 7.60. The molecule has 0 aliphatic heterocycles. The Labute approximate surface area is 59.3 Å². The van der Waals surface area contributed by atoms with Crippen molar-refractivity contribution in [1.82, 2.24) is 0 Å². The standard InChI is InChI=1S/C2H5NO2.C2H7O2P/c3-1-2(4)5;1-5(2,3)4/h1,3H2,(H,4,5);1-2H3,(H,3,4). The van der Waals surface area contributed by atoms with Gasteiger partial charge in [0.05, 0.1) is 6.54 Å². The Morgan fingerprint density at radius 3 is 1.70 bits per heavy atom. The highest BCUT2D eigenvalue weighted by Crippen LogP contribution is 2.27. The maximum atomic E-state index is 9.77. The van der Waals surface area contributed by atoms with Crippen molar-refractivity contribution in [1.29, 1.82) is 0 Å². The zero-order valence-electron chi connectivity index (χ0n) is 5.94. The first-order valence-electron chi connectivity index (χ1n) is 2.47. The molecule has 0 saturated heterocycles. The molecule has 62 valence electrons. The lowest BCUT2D eigenvalue weighted by molar-refractivity contribution is -0.135. The van der Waals surface area contributed by atoms with Crippen molar-refractivity contribution in [3.8, 4) is 0 Å². The van der Waals surface area contributed by atoms with Gasteiger partial charge in [-0.05, 0) is 0 Å². The van der Waals surface area contributed by atoms with E-state index in [1.54, 1.807) is 0 Å². The summed E-state index contributed by atoms with van der Waals surface area (Å²) in [6.45, 7) is 2.32. The van der Waals surface area contributed by atoms with Gasteiger partial charge in [0.25, 0.3) is 0 Å². The van der Waals surface area contributed by atoms with Crippen molar-refractivity contribution in [2.75, 3.05) is 19.9 Å². The molecule has 10 heavy (non-hydrogen) atoms. The number of nitrogens with two attached hydrogens (primary N) is 1. The molecule has 0 heterocycles. The second kappa shape index (κ2) is 5.41. The molecule has 0 aliphatic rings. The van der Waals surface area contributed by atoms with E-state index in [9.17, 15) is 9.36 Å². The molecule has 0 atom stereocenters. The fraction of sp³-hybridized carbons (Fsp3) is 0.750. The van der Waals surface area contributed by atoms with Crippen molar-refractivity contribution >= 4 is 13.3 Å². The van der Waals surface area contributed by atoms with Gasteiger partial charge in [-0.2, -0.15) is 0 Å². The van der Waals surface area contributed by atoms with E-state index in [0.717, 1.165) is 0 Å². The molecule has 0 spiro atoms. The van der Waals surface area contributed by atoms with E-state index in [4.69, 9.17) is 10.00 Å². The molecule has 0 aromatic heterocycles. The summed E-state index contributed by atoms with van der Waals surface area (Å²) < 4.78 is 9.77. The Morgan fingerprint density at radius 2 is 1.70 bits per heavy atom. The zero-order valence-corrected chi connectivity index (χ0v) is 6.84. The third-order valence-electron chi connectivity index (χ3n) is 0.175. The van der Waals surface area contributed by atoms with Gasteiger partial charge in [-0.15, -0.1) is 0 Å². The van der Waals surface area contributed by atoms with Gasteiger partial charge in [0.2, 0.25) is 0 Å². The summed E-state index contributed by atoms with van der Waals surface area (Å²) in [5.74, 6) is -0.968. The molecule has 6 heteroatoms. The van der Waals surface area contributed by atoms with E-state index in [-0.39, 0.29) is 6.54 Å². The van der Waals surface area contributed by atoms with E-state index < -0.39 is 13.3 Å². The van der Waals surface area contributed by atoms with Crippen LogP contribution < -0.4 is 5.73 Å². The lowest BCUT2D eigenvalue weighted by atomic mass is 10.7. The van der Waals surface area contributed by atoms with Crippen molar-refractivity contribution in [3.63, 3.8) is 0 Å². The molecule has 0 fully saturated rings. The summed E-state index contributed by atoms with van der Waals surface area (Å²) >= 11 is 0. The number of hydrogen-bond donors (Lipinski definition) is 3. The van der Waals surface area contributed by atoms with E-state index in [0.29, 0.717) is 0 Å².